The Labute approximate surface area is 136 Å². The summed E-state index contributed by atoms with van der Waals surface area (Å²) in [7, 11) is 1.98. The zero-order chi connectivity index (χ0) is 16.1. The van der Waals surface area contributed by atoms with Gasteiger partial charge in [-0.2, -0.15) is 0 Å². The molecule has 0 radical (unpaired) electrons. The van der Waals surface area contributed by atoms with Gasteiger partial charge in [-0.3, -0.25) is 0 Å². The molecule has 1 heterocycles. The average Bonchev–Trinajstić information content (AvgIpc) is 2.58. The normalized spacial score (nSPS) is 16.5. The van der Waals surface area contributed by atoms with Crippen molar-refractivity contribution in [2.45, 2.75) is 25.4 Å². The number of hydrogen-bond acceptors (Lipinski definition) is 3. The van der Waals surface area contributed by atoms with Crippen LogP contribution >= 0.6 is 0 Å². The zero-order valence-electron chi connectivity index (χ0n) is 13.3. The smallest absolute Gasteiger partial charge is 0.126 e. The molecule has 0 amide bonds. The maximum absolute atomic E-state index is 13.2. The summed E-state index contributed by atoms with van der Waals surface area (Å²) in [6.45, 7) is 2.09. The molecule has 0 aromatic heterocycles. The highest BCUT2D eigenvalue weighted by Crippen LogP contribution is 2.37. The van der Waals surface area contributed by atoms with E-state index in [1.807, 2.05) is 25.2 Å². The summed E-state index contributed by atoms with van der Waals surface area (Å²) in [6.07, 6.45) is 2.16. The van der Waals surface area contributed by atoms with Crippen molar-refractivity contribution < 1.29 is 13.9 Å². The van der Waals surface area contributed by atoms with E-state index in [1.165, 1.54) is 17.7 Å². The second kappa shape index (κ2) is 7.47. The summed E-state index contributed by atoms with van der Waals surface area (Å²) < 4.78 is 24.7. The van der Waals surface area contributed by atoms with Crippen LogP contribution in [0.25, 0.3) is 0 Å². The number of halogens is 1. The lowest BCUT2D eigenvalue weighted by Crippen LogP contribution is -2.18. The number of benzene rings is 2. The van der Waals surface area contributed by atoms with Crippen LogP contribution in [0.15, 0.2) is 42.5 Å². The van der Waals surface area contributed by atoms with Crippen molar-refractivity contribution in [2.24, 2.45) is 0 Å². The lowest BCUT2D eigenvalue weighted by Gasteiger charge is -2.26. The molecule has 1 N–H and O–H groups in total. The third-order valence-electron chi connectivity index (χ3n) is 4.19. The second-order valence-electron chi connectivity index (χ2n) is 5.84. The van der Waals surface area contributed by atoms with Crippen molar-refractivity contribution in [3.05, 3.63) is 59.4 Å². The van der Waals surface area contributed by atoms with Gasteiger partial charge in [0.05, 0.1) is 6.61 Å². The first kappa shape index (κ1) is 15.8. The average molecular weight is 315 g/mol. The van der Waals surface area contributed by atoms with Crippen LogP contribution in [-0.4, -0.2) is 20.2 Å². The topological polar surface area (TPSA) is 30.5 Å². The fourth-order valence-electron chi connectivity index (χ4n) is 2.95. The number of rotatable bonds is 6. The Morgan fingerprint density at radius 3 is 3.00 bits per heavy atom. The maximum atomic E-state index is 13.2. The van der Waals surface area contributed by atoms with E-state index >= 15 is 0 Å². The van der Waals surface area contributed by atoms with Gasteiger partial charge >= 0.3 is 0 Å². The largest absolute Gasteiger partial charge is 0.493 e. The summed E-state index contributed by atoms with van der Waals surface area (Å²) in [4.78, 5) is 0. The molecule has 1 aliphatic heterocycles. The molecule has 0 fully saturated rings. The van der Waals surface area contributed by atoms with Crippen molar-refractivity contribution in [3.63, 3.8) is 0 Å². The van der Waals surface area contributed by atoms with Gasteiger partial charge in [0.2, 0.25) is 0 Å². The maximum Gasteiger partial charge on any atom is 0.126 e. The standard InChI is InChI=1S/C19H22FNO2/c1-21-9-7-15-8-10-22-19-12-17(5-6-18(15)19)23-13-14-3-2-4-16(20)11-14/h2-6,11-12,15,21H,7-10,13H2,1H3. The molecule has 23 heavy (non-hydrogen) atoms. The fraction of sp³-hybridized carbons (Fsp3) is 0.368. The summed E-state index contributed by atoms with van der Waals surface area (Å²) in [5.74, 6) is 1.95. The molecule has 0 spiro atoms. The molecule has 3 nitrogen and oxygen atoms in total. The molecule has 1 aliphatic rings. The van der Waals surface area contributed by atoms with Crippen LogP contribution in [0.1, 0.15) is 29.9 Å². The lowest BCUT2D eigenvalue weighted by molar-refractivity contribution is 0.257. The first-order valence-corrected chi connectivity index (χ1v) is 8.05. The van der Waals surface area contributed by atoms with Gasteiger partial charge in [0.15, 0.2) is 0 Å². The van der Waals surface area contributed by atoms with E-state index in [4.69, 9.17) is 9.47 Å². The van der Waals surface area contributed by atoms with Crippen LogP contribution in [0.4, 0.5) is 4.39 Å². The van der Waals surface area contributed by atoms with Crippen molar-refractivity contribution >= 4 is 0 Å². The highest BCUT2D eigenvalue weighted by molar-refractivity contribution is 5.44. The van der Waals surface area contributed by atoms with E-state index in [9.17, 15) is 4.39 Å². The highest BCUT2D eigenvalue weighted by atomic mass is 19.1. The Morgan fingerprint density at radius 1 is 1.26 bits per heavy atom. The van der Waals surface area contributed by atoms with Gasteiger partial charge in [0.25, 0.3) is 0 Å². The molecule has 3 rings (SSSR count). The Bertz CT molecular complexity index is 660. The lowest BCUT2D eigenvalue weighted by atomic mass is 9.90. The van der Waals surface area contributed by atoms with E-state index in [1.54, 1.807) is 6.07 Å². The van der Waals surface area contributed by atoms with Crippen LogP contribution in [0.2, 0.25) is 0 Å². The number of hydrogen-bond donors (Lipinski definition) is 1. The molecule has 2 aromatic rings. The third-order valence-corrected chi connectivity index (χ3v) is 4.19. The zero-order valence-corrected chi connectivity index (χ0v) is 13.3. The summed E-state index contributed by atoms with van der Waals surface area (Å²) in [5.41, 5.74) is 2.07. The first-order chi connectivity index (χ1) is 11.3. The van der Waals surface area contributed by atoms with Crippen molar-refractivity contribution in [1.82, 2.24) is 5.32 Å². The summed E-state index contributed by atoms with van der Waals surface area (Å²) in [5, 5.41) is 3.20. The Hall–Kier alpha value is -2.07. The van der Waals surface area contributed by atoms with E-state index in [0.717, 1.165) is 43.1 Å². The SMILES string of the molecule is CNCCC1CCOc2cc(OCc3cccc(F)c3)ccc21. The van der Waals surface area contributed by atoms with Gasteiger partial charge in [0, 0.05) is 6.07 Å². The van der Waals surface area contributed by atoms with Gasteiger partial charge in [0.1, 0.15) is 23.9 Å². The van der Waals surface area contributed by atoms with Crippen molar-refractivity contribution in [1.29, 1.82) is 0 Å². The molecule has 0 bridgehead atoms. The van der Waals surface area contributed by atoms with Crippen LogP contribution in [0.5, 0.6) is 11.5 Å². The van der Waals surface area contributed by atoms with E-state index in [0.29, 0.717) is 12.5 Å². The number of nitrogens with one attached hydrogen (secondary N) is 1. The van der Waals surface area contributed by atoms with Crippen LogP contribution < -0.4 is 14.8 Å². The predicted molar refractivity (Wildman–Crippen MR) is 88.6 cm³/mol. The van der Waals surface area contributed by atoms with Gasteiger partial charge in [-0.1, -0.05) is 18.2 Å². The molecule has 4 heteroatoms. The molecule has 1 atom stereocenters. The van der Waals surface area contributed by atoms with Gasteiger partial charge < -0.3 is 14.8 Å². The molecule has 1 unspecified atom stereocenters. The molecular formula is C19H22FNO2. The minimum Gasteiger partial charge on any atom is -0.493 e. The van der Waals surface area contributed by atoms with Gasteiger partial charge in [-0.25, -0.2) is 4.39 Å². The predicted octanol–water partition coefficient (Wildman–Crippen LogP) is 3.88. The Morgan fingerprint density at radius 2 is 2.17 bits per heavy atom. The van der Waals surface area contributed by atoms with E-state index in [2.05, 4.69) is 11.4 Å². The minimum absolute atomic E-state index is 0.243. The highest BCUT2D eigenvalue weighted by Gasteiger charge is 2.21. The van der Waals surface area contributed by atoms with Gasteiger partial charge in [-0.05, 0) is 61.7 Å². The Balaban J connectivity index is 1.68. The quantitative estimate of drug-likeness (QED) is 0.877. The van der Waals surface area contributed by atoms with Crippen LogP contribution in [0.3, 0.4) is 0 Å². The summed E-state index contributed by atoms with van der Waals surface area (Å²) in [6, 6.07) is 12.5. The third kappa shape index (κ3) is 4.02. The molecule has 122 valence electrons. The second-order valence-corrected chi connectivity index (χ2v) is 5.84. The Kier molecular flexibility index (Phi) is 5.13. The van der Waals surface area contributed by atoms with Crippen molar-refractivity contribution in [3.8, 4) is 11.5 Å². The van der Waals surface area contributed by atoms with Crippen molar-refractivity contribution in [2.75, 3.05) is 20.2 Å². The molecule has 0 aliphatic carbocycles. The minimum atomic E-state index is -0.243. The molecule has 2 aromatic carbocycles. The van der Waals surface area contributed by atoms with E-state index < -0.39 is 0 Å². The monoisotopic (exact) mass is 315 g/mol. The summed E-state index contributed by atoms with van der Waals surface area (Å²) >= 11 is 0. The molecular weight excluding hydrogens is 293 g/mol. The number of fused-ring (bicyclic) bond motifs is 1. The molecule has 0 saturated heterocycles. The first-order valence-electron chi connectivity index (χ1n) is 8.05. The van der Waals surface area contributed by atoms with Crippen LogP contribution in [-0.2, 0) is 6.61 Å². The van der Waals surface area contributed by atoms with Crippen LogP contribution in [0, 0.1) is 5.82 Å². The van der Waals surface area contributed by atoms with Gasteiger partial charge in [-0.15, -0.1) is 0 Å². The van der Waals surface area contributed by atoms with E-state index in [-0.39, 0.29) is 5.82 Å². The molecule has 0 saturated carbocycles. The number of ether oxygens (including phenoxy) is 2. The fourth-order valence-corrected chi connectivity index (χ4v) is 2.95.